The van der Waals surface area contributed by atoms with Gasteiger partial charge in [0.2, 0.25) is 0 Å². The van der Waals surface area contributed by atoms with Gasteiger partial charge in [0.05, 0.1) is 0 Å². The zero-order valence-corrected chi connectivity index (χ0v) is 9.83. The Bertz CT molecular complexity index is 430. The van der Waals surface area contributed by atoms with Crippen LogP contribution in [0.25, 0.3) is 0 Å². The van der Waals surface area contributed by atoms with Gasteiger partial charge in [0.1, 0.15) is 10.8 Å². The Morgan fingerprint density at radius 1 is 1.25 bits per heavy atom. The average molecular weight is 235 g/mol. The molecule has 4 nitrogen and oxygen atoms in total. The van der Waals surface area contributed by atoms with Crippen LogP contribution in [0.4, 0.5) is 0 Å². The summed E-state index contributed by atoms with van der Waals surface area (Å²) in [5.74, 6) is 0.786. The van der Waals surface area contributed by atoms with Crippen molar-refractivity contribution < 1.29 is 4.74 Å². The monoisotopic (exact) mass is 235 g/mol. The first-order chi connectivity index (χ1) is 7.88. The molecule has 0 spiro atoms. The minimum atomic E-state index is 0.583. The van der Waals surface area contributed by atoms with Gasteiger partial charge in [-0.05, 0) is 18.7 Å². The lowest BCUT2D eigenvalue weighted by Gasteiger charge is -1.98. The summed E-state index contributed by atoms with van der Waals surface area (Å²) in [6.07, 6.45) is 0. The Kier molecular flexibility index (Phi) is 3.85. The van der Waals surface area contributed by atoms with E-state index in [-0.39, 0.29) is 0 Å². The van der Waals surface area contributed by atoms with E-state index in [4.69, 9.17) is 4.74 Å². The van der Waals surface area contributed by atoms with Crippen molar-refractivity contribution in [2.24, 2.45) is 0 Å². The molecule has 0 bridgehead atoms. The highest BCUT2D eigenvalue weighted by Crippen LogP contribution is 2.24. The molecule has 2 aromatic rings. The zero-order valence-electron chi connectivity index (χ0n) is 9.01. The zero-order chi connectivity index (χ0) is 11.2. The van der Waals surface area contributed by atoms with E-state index in [1.807, 2.05) is 30.3 Å². The van der Waals surface area contributed by atoms with Gasteiger partial charge in [-0.25, -0.2) is 0 Å². The molecule has 1 N–H and O–H groups in total. The van der Waals surface area contributed by atoms with E-state index in [0.29, 0.717) is 5.19 Å². The molecule has 1 aromatic heterocycles. The van der Waals surface area contributed by atoms with E-state index in [0.717, 1.165) is 23.8 Å². The van der Waals surface area contributed by atoms with Crippen LogP contribution in [0.15, 0.2) is 30.3 Å². The predicted molar refractivity (Wildman–Crippen MR) is 63.8 cm³/mol. The van der Waals surface area contributed by atoms with Gasteiger partial charge in [0.25, 0.3) is 5.19 Å². The van der Waals surface area contributed by atoms with Crippen molar-refractivity contribution in [1.82, 2.24) is 15.5 Å². The second-order valence-electron chi connectivity index (χ2n) is 3.16. The highest BCUT2D eigenvalue weighted by Gasteiger charge is 2.05. The predicted octanol–water partition coefficient (Wildman–Crippen LogP) is 2.44. The minimum Gasteiger partial charge on any atom is -0.430 e. The molecule has 0 aliphatic heterocycles. The molecule has 16 heavy (non-hydrogen) atoms. The average Bonchev–Trinajstić information content (AvgIpc) is 2.75. The molecule has 84 valence electrons. The lowest BCUT2D eigenvalue weighted by atomic mass is 10.3. The molecule has 0 fully saturated rings. The van der Waals surface area contributed by atoms with Crippen molar-refractivity contribution in [3.63, 3.8) is 0 Å². The van der Waals surface area contributed by atoms with E-state index >= 15 is 0 Å². The Balaban J connectivity index is 1.97. The number of rotatable bonds is 5. The number of para-hydroxylation sites is 1. The molecule has 0 amide bonds. The molecule has 0 aliphatic rings. The van der Waals surface area contributed by atoms with Crippen LogP contribution >= 0.6 is 11.3 Å². The van der Waals surface area contributed by atoms with Crippen LogP contribution in [0.2, 0.25) is 0 Å². The van der Waals surface area contributed by atoms with Gasteiger partial charge in [-0.15, -0.1) is 5.10 Å². The molecule has 5 heteroatoms. The van der Waals surface area contributed by atoms with Gasteiger partial charge in [0, 0.05) is 6.54 Å². The Hall–Kier alpha value is -1.46. The maximum absolute atomic E-state index is 5.56. The topological polar surface area (TPSA) is 47.0 Å². The van der Waals surface area contributed by atoms with Gasteiger partial charge in [-0.3, -0.25) is 0 Å². The van der Waals surface area contributed by atoms with Crippen LogP contribution in [-0.4, -0.2) is 16.7 Å². The van der Waals surface area contributed by atoms with Crippen molar-refractivity contribution in [2.75, 3.05) is 6.54 Å². The van der Waals surface area contributed by atoms with Crippen LogP contribution < -0.4 is 10.1 Å². The summed E-state index contributed by atoms with van der Waals surface area (Å²) in [5.41, 5.74) is 0. The summed E-state index contributed by atoms with van der Waals surface area (Å²) in [6.45, 7) is 3.73. The summed E-state index contributed by atoms with van der Waals surface area (Å²) in [5, 5.41) is 12.7. The maximum Gasteiger partial charge on any atom is 0.299 e. The normalized spacial score (nSPS) is 10.3. The van der Waals surface area contributed by atoms with Gasteiger partial charge in [0.15, 0.2) is 0 Å². The number of nitrogens with zero attached hydrogens (tertiary/aromatic N) is 2. The maximum atomic E-state index is 5.56. The Morgan fingerprint density at radius 3 is 2.81 bits per heavy atom. The van der Waals surface area contributed by atoms with Crippen molar-refractivity contribution in [1.29, 1.82) is 0 Å². The standard InChI is InChI=1S/C11H13N3OS/c1-2-12-8-10-13-14-11(16-10)15-9-6-4-3-5-7-9/h3-7,12H,2,8H2,1H3. The Labute approximate surface area is 98.3 Å². The molecule has 2 rings (SSSR count). The summed E-state index contributed by atoms with van der Waals surface area (Å²) in [4.78, 5) is 0. The van der Waals surface area contributed by atoms with Crippen molar-refractivity contribution in [3.05, 3.63) is 35.3 Å². The molecular formula is C11H13N3OS. The second-order valence-corrected chi connectivity index (χ2v) is 4.18. The third-order valence-electron chi connectivity index (χ3n) is 1.92. The van der Waals surface area contributed by atoms with Crippen molar-refractivity contribution in [3.8, 4) is 10.9 Å². The summed E-state index contributed by atoms with van der Waals surface area (Å²) in [6, 6.07) is 9.59. The third-order valence-corrected chi connectivity index (χ3v) is 2.72. The van der Waals surface area contributed by atoms with Crippen LogP contribution in [0.3, 0.4) is 0 Å². The molecule has 0 atom stereocenters. The smallest absolute Gasteiger partial charge is 0.299 e. The van der Waals surface area contributed by atoms with Crippen molar-refractivity contribution in [2.45, 2.75) is 13.5 Å². The molecule has 0 saturated heterocycles. The van der Waals surface area contributed by atoms with Gasteiger partial charge in [-0.1, -0.05) is 41.6 Å². The minimum absolute atomic E-state index is 0.583. The van der Waals surface area contributed by atoms with E-state index in [9.17, 15) is 0 Å². The van der Waals surface area contributed by atoms with Gasteiger partial charge < -0.3 is 10.1 Å². The molecule has 0 radical (unpaired) electrons. The number of nitrogens with one attached hydrogen (secondary N) is 1. The summed E-state index contributed by atoms with van der Waals surface area (Å²) in [7, 11) is 0. The fraction of sp³-hybridized carbons (Fsp3) is 0.273. The van der Waals surface area contributed by atoms with Crippen LogP contribution in [0.5, 0.6) is 10.9 Å². The van der Waals surface area contributed by atoms with Crippen LogP contribution in [0, 0.1) is 0 Å². The lowest BCUT2D eigenvalue weighted by Crippen LogP contribution is -2.11. The number of hydrogen-bond acceptors (Lipinski definition) is 5. The quantitative estimate of drug-likeness (QED) is 0.864. The number of hydrogen-bond donors (Lipinski definition) is 1. The van der Waals surface area contributed by atoms with Crippen molar-refractivity contribution >= 4 is 11.3 Å². The largest absolute Gasteiger partial charge is 0.430 e. The second kappa shape index (κ2) is 5.58. The third kappa shape index (κ3) is 3.01. The highest BCUT2D eigenvalue weighted by atomic mass is 32.1. The van der Waals surface area contributed by atoms with E-state index < -0.39 is 0 Å². The summed E-state index contributed by atoms with van der Waals surface area (Å²) >= 11 is 1.46. The van der Waals surface area contributed by atoms with E-state index in [2.05, 4.69) is 22.4 Å². The molecule has 1 heterocycles. The first-order valence-electron chi connectivity index (χ1n) is 5.14. The van der Waals surface area contributed by atoms with Crippen LogP contribution in [0.1, 0.15) is 11.9 Å². The molecule has 0 saturated carbocycles. The molecule has 0 aliphatic carbocycles. The fourth-order valence-corrected chi connectivity index (χ4v) is 1.85. The molecular weight excluding hydrogens is 222 g/mol. The number of benzene rings is 1. The lowest BCUT2D eigenvalue weighted by molar-refractivity contribution is 0.473. The first kappa shape index (κ1) is 11.0. The highest BCUT2D eigenvalue weighted by molar-refractivity contribution is 7.13. The van der Waals surface area contributed by atoms with Crippen LogP contribution in [-0.2, 0) is 6.54 Å². The SMILES string of the molecule is CCNCc1nnc(Oc2ccccc2)s1. The number of ether oxygens (including phenoxy) is 1. The Morgan fingerprint density at radius 2 is 2.06 bits per heavy atom. The van der Waals surface area contributed by atoms with Gasteiger partial charge >= 0.3 is 0 Å². The number of aromatic nitrogens is 2. The summed E-state index contributed by atoms with van der Waals surface area (Å²) < 4.78 is 5.56. The molecule has 1 aromatic carbocycles. The van der Waals surface area contributed by atoms with Gasteiger partial charge in [-0.2, -0.15) is 0 Å². The van der Waals surface area contributed by atoms with E-state index in [1.165, 1.54) is 11.3 Å². The fourth-order valence-electron chi connectivity index (χ4n) is 1.17. The van der Waals surface area contributed by atoms with E-state index in [1.54, 1.807) is 0 Å². The molecule has 0 unspecified atom stereocenters. The first-order valence-corrected chi connectivity index (χ1v) is 5.96.